The molecule has 5 nitrogen and oxygen atoms in total. The summed E-state index contributed by atoms with van der Waals surface area (Å²) in [6.07, 6.45) is 5.43. The third-order valence-electron chi connectivity index (χ3n) is 3.27. The predicted molar refractivity (Wildman–Crippen MR) is 63.0 cm³/mol. The average Bonchev–Trinajstić information content (AvgIpc) is 2.82. The van der Waals surface area contributed by atoms with Crippen molar-refractivity contribution in [3.05, 3.63) is 24.0 Å². The van der Waals surface area contributed by atoms with Crippen molar-refractivity contribution < 1.29 is 9.59 Å². The van der Waals surface area contributed by atoms with Crippen LogP contribution in [0.3, 0.4) is 0 Å². The second kappa shape index (κ2) is 5.03. The van der Waals surface area contributed by atoms with Gasteiger partial charge in [-0.1, -0.05) is 0 Å². The molecule has 0 unspecified atom stereocenters. The highest BCUT2D eigenvalue weighted by molar-refractivity contribution is 5.80. The zero-order valence-electron chi connectivity index (χ0n) is 9.69. The standard InChI is InChI=1S/C12H17N3O2/c13-12(17)10-2-5-15(6-3-10)11(16)7-9-1-4-14-8-9/h1,4,8,10,14H,2-3,5-7H2,(H2,13,17). The molecule has 3 N–H and O–H groups in total. The van der Waals surface area contributed by atoms with Gasteiger partial charge in [-0.15, -0.1) is 0 Å². The number of H-pyrrole nitrogens is 1. The number of carbonyl (C=O) groups excluding carboxylic acids is 2. The van der Waals surface area contributed by atoms with Gasteiger partial charge in [0.25, 0.3) is 0 Å². The molecule has 2 rings (SSSR count). The van der Waals surface area contributed by atoms with Gasteiger partial charge in [0.05, 0.1) is 6.42 Å². The van der Waals surface area contributed by atoms with Crippen LogP contribution in [0.25, 0.3) is 0 Å². The van der Waals surface area contributed by atoms with Gasteiger partial charge in [-0.2, -0.15) is 0 Å². The van der Waals surface area contributed by atoms with Gasteiger partial charge >= 0.3 is 0 Å². The molecule has 2 heterocycles. The van der Waals surface area contributed by atoms with Crippen LogP contribution in [0.4, 0.5) is 0 Å². The Morgan fingerprint density at radius 2 is 2.12 bits per heavy atom. The molecular weight excluding hydrogens is 218 g/mol. The highest BCUT2D eigenvalue weighted by Crippen LogP contribution is 2.17. The van der Waals surface area contributed by atoms with E-state index in [1.54, 1.807) is 0 Å². The van der Waals surface area contributed by atoms with Crippen LogP contribution in [0.1, 0.15) is 18.4 Å². The number of piperidine rings is 1. The quantitative estimate of drug-likeness (QED) is 0.789. The Hall–Kier alpha value is -1.78. The van der Waals surface area contributed by atoms with E-state index in [2.05, 4.69) is 4.98 Å². The van der Waals surface area contributed by atoms with Gasteiger partial charge in [-0.3, -0.25) is 9.59 Å². The third kappa shape index (κ3) is 2.87. The smallest absolute Gasteiger partial charge is 0.227 e. The molecular formula is C12H17N3O2. The lowest BCUT2D eigenvalue weighted by Crippen LogP contribution is -2.42. The molecule has 92 valence electrons. The molecule has 0 aliphatic carbocycles. The van der Waals surface area contributed by atoms with Crippen molar-refractivity contribution in [2.45, 2.75) is 19.3 Å². The van der Waals surface area contributed by atoms with Crippen LogP contribution in [-0.2, 0) is 16.0 Å². The number of likely N-dealkylation sites (tertiary alicyclic amines) is 1. The van der Waals surface area contributed by atoms with Crippen molar-refractivity contribution in [1.29, 1.82) is 0 Å². The molecule has 0 radical (unpaired) electrons. The first-order valence-electron chi connectivity index (χ1n) is 5.85. The first kappa shape index (κ1) is 11.7. The number of amides is 2. The summed E-state index contributed by atoms with van der Waals surface area (Å²) in [5, 5.41) is 0. The Morgan fingerprint density at radius 1 is 1.41 bits per heavy atom. The van der Waals surface area contributed by atoms with Crippen LogP contribution < -0.4 is 5.73 Å². The first-order valence-corrected chi connectivity index (χ1v) is 5.85. The van der Waals surface area contributed by atoms with E-state index in [1.165, 1.54) is 0 Å². The van der Waals surface area contributed by atoms with Gasteiger partial charge in [0.2, 0.25) is 11.8 Å². The third-order valence-corrected chi connectivity index (χ3v) is 3.27. The molecule has 2 amide bonds. The maximum Gasteiger partial charge on any atom is 0.227 e. The fourth-order valence-electron chi connectivity index (χ4n) is 2.17. The molecule has 0 aromatic carbocycles. The number of nitrogens with two attached hydrogens (primary N) is 1. The monoisotopic (exact) mass is 235 g/mol. The number of nitrogens with zero attached hydrogens (tertiary/aromatic N) is 1. The first-order chi connectivity index (χ1) is 8.16. The number of hydrogen-bond acceptors (Lipinski definition) is 2. The van der Waals surface area contributed by atoms with E-state index in [-0.39, 0.29) is 17.7 Å². The van der Waals surface area contributed by atoms with Crippen LogP contribution in [0, 0.1) is 5.92 Å². The maximum atomic E-state index is 11.9. The minimum absolute atomic E-state index is 0.0636. The molecule has 0 saturated carbocycles. The summed E-state index contributed by atoms with van der Waals surface area (Å²) in [4.78, 5) is 27.7. The fraction of sp³-hybridized carbons (Fsp3) is 0.500. The predicted octanol–water partition coefficient (Wildman–Crippen LogP) is 0.281. The Kier molecular flexibility index (Phi) is 3.46. The van der Waals surface area contributed by atoms with Crippen LogP contribution in [0.2, 0.25) is 0 Å². The molecule has 0 spiro atoms. The molecule has 17 heavy (non-hydrogen) atoms. The van der Waals surface area contributed by atoms with E-state index in [0.717, 1.165) is 5.56 Å². The topological polar surface area (TPSA) is 79.2 Å². The zero-order chi connectivity index (χ0) is 12.3. The summed E-state index contributed by atoms with van der Waals surface area (Å²) in [6.45, 7) is 1.27. The Bertz CT molecular complexity index is 392. The zero-order valence-corrected chi connectivity index (χ0v) is 9.69. The van der Waals surface area contributed by atoms with E-state index in [0.29, 0.717) is 32.4 Å². The summed E-state index contributed by atoms with van der Waals surface area (Å²) in [7, 11) is 0. The van der Waals surface area contributed by atoms with Gasteiger partial charge in [0.1, 0.15) is 0 Å². The van der Waals surface area contributed by atoms with Gasteiger partial charge in [0.15, 0.2) is 0 Å². The summed E-state index contributed by atoms with van der Waals surface area (Å²) in [5.41, 5.74) is 6.24. The SMILES string of the molecule is NC(=O)C1CCN(C(=O)Cc2cc[nH]c2)CC1. The minimum Gasteiger partial charge on any atom is -0.369 e. The number of aromatic amines is 1. The fourth-order valence-corrected chi connectivity index (χ4v) is 2.17. The van der Waals surface area contributed by atoms with E-state index >= 15 is 0 Å². The number of nitrogens with one attached hydrogen (secondary N) is 1. The number of carbonyl (C=O) groups is 2. The van der Waals surface area contributed by atoms with Gasteiger partial charge in [-0.05, 0) is 24.5 Å². The van der Waals surface area contributed by atoms with Crippen LogP contribution in [-0.4, -0.2) is 34.8 Å². The molecule has 1 aliphatic heterocycles. The summed E-state index contributed by atoms with van der Waals surface area (Å²) >= 11 is 0. The largest absolute Gasteiger partial charge is 0.369 e. The molecule has 0 bridgehead atoms. The molecule has 1 fully saturated rings. The van der Waals surface area contributed by atoms with Crippen LogP contribution in [0.15, 0.2) is 18.5 Å². The molecule has 1 aromatic rings. The summed E-state index contributed by atoms with van der Waals surface area (Å²) in [6, 6.07) is 1.90. The molecule has 1 aromatic heterocycles. The number of aromatic nitrogens is 1. The number of rotatable bonds is 3. The molecule has 0 atom stereocenters. The molecule has 1 saturated heterocycles. The lowest BCUT2D eigenvalue weighted by molar-refractivity contribution is -0.134. The minimum atomic E-state index is -0.247. The summed E-state index contributed by atoms with van der Waals surface area (Å²) in [5.74, 6) is -0.193. The van der Waals surface area contributed by atoms with E-state index in [9.17, 15) is 9.59 Å². The number of primary amides is 1. The second-order valence-corrected chi connectivity index (χ2v) is 4.45. The Labute approximate surface area is 100.0 Å². The highest BCUT2D eigenvalue weighted by atomic mass is 16.2. The van der Waals surface area contributed by atoms with Gasteiger partial charge < -0.3 is 15.6 Å². The normalized spacial score (nSPS) is 17.1. The van der Waals surface area contributed by atoms with Gasteiger partial charge in [-0.25, -0.2) is 0 Å². The summed E-state index contributed by atoms with van der Waals surface area (Å²) < 4.78 is 0. The second-order valence-electron chi connectivity index (χ2n) is 4.45. The van der Waals surface area contributed by atoms with Crippen molar-refractivity contribution in [2.24, 2.45) is 11.7 Å². The van der Waals surface area contributed by atoms with Crippen molar-refractivity contribution in [1.82, 2.24) is 9.88 Å². The Balaban J connectivity index is 1.84. The maximum absolute atomic E-state index is 11.9. The lowest BCUT2D eigenvalue weighted by Gasteiger charge is -2.30. The van der Waals surface area contributed by atoms with Crippen molar-refractivity contribution in [3.8, 4) is 0 Å². The van der Waals surface area contributed by atoms with Crippen molar-refractivity contribution in [2.75, 3.05) is 13.1 Å². The van der Waals surface area contributed by atoms with E-state index < -0.39 is 0 Å². The van der Waals surface area contributed by atoms with Crippen molar-refractivity contribution in [3.63, 3.8) is 0 Å². The van der Waals surface area contributed by atoms with Crippen LogP contribution >= 0.6 is 0 Å². The van der Waals surface area contributed by atoms with Gasteiger partial charge in [0, 0.05) is 31.4 Å². The van der Waals surface area contributed by atoms with Crippen molar-refractivity contribution >= 4 is 11.8 Å². The van der Waals surface area contributed by atoms with Crippen LogP contribution in [0.5, 0.6) is 0 Å². The average molecular weight is 235 g/mol. The van der Waals surface area contributed by atoms with E-state index in [1.807, 2.05) is 23.4 Å². The molecule has 5 heteroatoms. The lowest BCUT2D eigenvalue weighted by atomic mass is 9.96. The Morgan fingerprint density at radius 3 is 2.65 bits per heavy atom. The molecule has 1 aliphatic rings. The highest BCUT2D eigenvalue weighted by Gasteiger charge is 2.25. The number of hydrogen-bond donors (Lipinski definition) is 2. The van der Waals surface area contributed by atoms with E-state index in [4.69, 9.17) is 5.73 Å².